The molecule has 0 amide bonds. The smallest absolute Gasteiger partial charge is 0.242 e. The number of nitrogens with two attached hydrogens (primary N) is 1. The summed E-state index contributed by atoms with van der Waals surface area (Å²) in [5, 5.41) is 2.48. The van der Waals surface area contributed by atoms with Gasteiger partial charge >= 0.3 is 0 Å². The number of nitrogens with zero attached hydrogens (tertiary/aromatic N) is 2. The Hall–Kier alpha value is -1.79. The van der Waals surface area contributed by atoms with E-state index in [2.05, 4.69) is 26.5 Å². The van der Waals surface area contributed by atoms with Crippen molar-refractivity contribution in [2.24, 2.45) is 5.73 Å². The summed E-state index contributed by atoms with van der Waals surface area (Å²) >= 11 is 1.38. The van der Waals surface area contributed by atoms with Gasteiger partial charge in [-0.25, -0.2) is 18.1 Å². The van der Waals surface area contributed by atoms with E-state index in [0.717, 1.165) is 0 Å². The van der Waals surface area contributed by atoms with Crippen LogP contribution in [-0.2, 0) is 16.6 Å². The second-order valence-corrected chi connectivity index (χ2v) is 6.41. The second-order valence-electron chi connectivity index (χ2n) is 3.67. The summed E-state index contributed by atoms with van der Waals surface area (Å²) in [7, 11) is -3.63. The van der Waals surface area contributed by atoms with E-state index >= 15 is 0 Å². The number of hydrogen-bond donors (Lipinski definition) is 2. The molecule has 104 valence electrons. The average Bonchev–Trinajstić information content (AvgIpc) is 2.97. The molecule has 0 bridgehead atoms. The molecule has 2 aromatic heterocycles. The maximum Gasteiger partial charge on any atom is 0.242 e. The Kier molecular flexibility index (Phi) is 4.81. The fraction of sp³-hybridized carbons (Fsp3) is 0.167. The van der Waals surface area contributed by atoms with E-state index in [1.165, 1.54) is 29.8 Å². The first kappa shape index (κ1) is 14.6. The van der Waals surface area contributed by atoms with Crippen LogP contribution in [0.2, 0.25) is 0 Å². The van der Waals surface area contributed by atoms with Gasteiger partial charge in [-0.2, -0.15) is 0 Å². The van der Waals surface area contributed by atoms with Crippen LogP contribution in [0.1, 0.15) is 10.6 Å². The molecule has 2 rings (SSSR count). The molecule has 0 atom stereocenters. The molecule has 0 saturated carbocycles. The summed E-state index contributed by atoms with van der Waals surface area (Å²) in [5.74, 6) is 5.40. The van der Waals surface area contributed by atoms with Gasteiger partial charge in [-0.15, -0.1) is 11.3 Å². The monoisotopic (exact) mass is 308 g/mol. The highest BCUT2D eigenvalue weighted by molar-refractivity contribution is 7.89. The SMILES string of the molecule is NCC#Cc1cncc(S(=O)(=O)NCc2nccs2)c1. The molecule has 0 aliphatic heterocycles. The molecule has 0 aliphatic rings. The van der Waals surface area contributed by atoms with Crippen molar-refractivity contribution in [3.8, 4) is 11.8 Å². The van der Waals surface area contributed by atoms with E-state index in [1.54, 1.807) is 11.6 Å². The maximum atomic E-state index is 12.1. The minimum atomic E-state index is -3.63. The molecule has 0 aromatic carbocycles. The highest BCUT2D eigenvalue weighted by atomic mass is 32.2. The molecule has 8 heteroatoms. The van der Waals surface area contributed by atoms with Gasteiger partial charge in [0.05, 0.1) is 13.1 Å². The van der Waals surface area contributed by atoms with Gasteiger partial charge in [0.2, 0.25) is 10.0 Å². The number of hydrogen-bond acceptors (Lipinski definition) is 6. The van der Waals surface area contributed by atoms with Crippen molar-refractivity contribution in [2.75, 3.05) is 6.54 Å². The molecule has 0 aliphatic carbocycles. The van der Waals surface area contributed by atoms with Crippen molar-refractivity contribution in [2.45, 2.75) is 11.4 Å². The number of sulfonamides is 1. The lowest BCUT2D eigenvalue weighted by atomic mass is 10.3. The average molecular weight is 308 g/mol. The Balaban J connectivity index is 2.16. The number of aromatic nitrogens is 2. The Labute approximate surface area is 121 Å². The Bertz CT molecular complexity index is 730. The molecule has 3 N–H and O–H groups in total. The van der Waals surface area contributed by atoms with Gasteiger partial charge in [0, 0.05) is 29.5 Å². The first-order valence-electron chi connectivity index (χ1n) is 5.64. The van der Waals surface area contributed by atoms with E-state index < -0.39 is 10.0 Å². The van der Waals surface area contributed by atoms with E-state index in [0.29, 0.717) is 10.6 Å². The van der Waals surface area contributed by atoms with E-state index in [-0.39, 0.29) is 18.0 Å². The molecular weight excluding hydrogens is 296 g/mol. The summed E-state index contributed by atoms with van der Waals surface area (Å²) in [6.45, 7) is 0.359. The summed E-state index contributed by atoms with van der Waals surface area (Å²) in [6, 6.07) is 1.46. The third kappa shape index (κ3) is 3.85. The van der Waals surface area contributed by atoms with E-state index in [1.807, 2.05) is 0 Å². The van der Waals surface area contributed by atoms with Gasteiger partial charge in [0.25, 0.3) is 0 Å². The summed E-state index contributed by atoms with van der Waals surface area (Å²) in [4.78, 5) is 7.95. The zero-order valence-electron chi connectivity index (χ0n) is 10.4. The normalized spacial score (nSPS) is 10.8. The van der Waals surface area contributed by atoms with E-state index in [4.69, 9.17) is 5.73 Å². The van der Waals surface area contributed by atoms with Crippen LogP contribution in [0.4, 0.5) is 0 Å². The van der Waals surface area contributed by atoms with Gasteiger partial charge in [0.1, 0.15) is 9.90 Å². The minimum Gasteiger partial charge on any atom is -0.320 e. The Morgan fingerprint density at radius 1 is 1.40 bits per heavy atom. The molecule has 6 nitrogen and oxygen atoms in total. The molecule has 0 unspecified atom stereocenters. The van der Waals surface area contributed by atoms with Gasteiger partial charge < -0.3 is 5.73 Å². The largest absolute Gasteiger partial charge is 0.320 e. The molecule has 2 heterocycles. The fourth-order valence-corrected chi connectivity index (χ4v) is 2.99. The molecule has 0 radical (unpaired) electrons. The van der Waals surface area contributed by atoms with Crippen LogP contribution in [0.15, 0.2) is 34.9 Å². The third-order valence-corrected chi connectivity index (χ3v) is 4.40. The summed E-state index contributed by atoms with van der Waals surface area (Å²) in [6.07, 6.45) is 4.39. The highest BCUT2D eigenvalue weighted by Gasteiger charge is 2.15. The van der Waals surface area contributed by atoms with Crippen molar-refractivity contribution in [3.05, 3.63) is 40.6 Å². The van der Waals surface area contributed by atoms with Crippen LogP contribution in [-0.4, -0.2) is 24.9 Å². The van der Waals surface area contributed by atoms with Gasteiger partial charge in [-0.1, -0.05) is 11.8 Å². The quantitative estimate of drug-likeness (QED) is 0.793. The lowest BCUT2D eigenvalue weighted by molar-refractivity contribution is 0.580. The number of rotatable bonds is 4. The molecular formula is C12H12N4O2S2. The molecule has 0 saturated heterocycles. The lowest BCUT2D eigenvalue weighted by Gasteiger charge is -2.05. The Morgan fingerprint density at radius 3 is 2.95 bits per heavy atom. The number of thiazole rings is 1. The number of pyridine rings is 1. The van der Waals surface area contributed by atoms with Crippen LogP contribution in [0.3, 0.4) is 0 Å². The van der Waals surface area contributed by atoms with Crippen molar-refractivity contribution in [1.82, 2.24) is 14.7 Å². The van der Waals surface area contributed by atoms with Gasteiger partial charge in [0.15, 0.2) is 0 Å². The zero-order chi connectivity index (χ0) is 14.4. The Morgan fingerprint density at radius 2 is 2.25 bits per heavy atom. The topological polar surface area (TPSA) is 98.0 Å². The fourth-order valence-electron chi connectivity index (χ4n) is 1.37. The minimum absolute atomic E-state index is 0.0675. The van der Waals surface area contributed by atoms with Crippen molar-refractivity contribution >= 4 is 21.4 Å². The van der Waals surface area contributed by atoms with Crippen LogP contribution in [0.25, 0.3) is 0 Å². The summed E-state index contributed by atoms with van der Waals surface area (Å²) < 4.78 is 26.7. The maximum absolute atomic E-state index is 12.1. The third-order valence-electron chi connectivity index (χ3n) is 2.26. The standard InChI is InChI=1S/C12H12N4O2S2/c13-3-1-2-10-6-11(8-14-7-10)20(17,18)16-9-12-15-4-5-19-12/h4-8,16H,3,9,13H2. The van der Waals surface area contributed by atoms with Gasteiger partial charge in [-0.3, -0.25) is 4.98 Å². The van der Waals surface area contributed by atoms with Crippen molar-refractivity contribution in [1.29, 1.82) is 0 Å². The predicted octanol–water partition coefficient (Wildman–Crippen LogP) is 0.327. The molecule has 2 aromatic rings. The van der Waals surface area contributed by atoms with Crippen LogP contribution in [0, 0.1) is 11.8 Å². The lowest BCUT2D eigenvalue weighted by Crippen LogP contribution is -2.23. The zero-order valence-corrected chi connectivity index (χ0v) is 12.0. The van der Waals surface area contributed by atoms with Crippen LogP contribution < -0.4 is 10.5 Å². The predicted molar refractivity (Wildman–Crippen MR) is 76.3 cm³/mol. The number of nitrogens with one attached hydrogen (secondary N) is 1. The first-order valence-corrected chi connectivity index (χ1v) is 8.00. The van der Waals surface area contributed by atoms with Crippen LogP contribution >= 0.6 is 11.3 Å². The molecule has 20 heavy (non-hydrogen) atoms. The second kappa shape index (κ2) is 6.58. The van der Waals surface area contributed by atoms with E-state index in [9.17, 15) is 8.42 Å². The van der Waals surface area contributed by atoms with Gasteiger partial charge in [-0.05, 0) is 6.07 Å². The van der Waals surface area contributed by atoms with Crippen LogP contribution in [0.5, 0.6) is 0 Å². The summed E-state index contributed by atoms with van der Waals surface area (Å²) in [5.41, 5.74) is 5.78. The van der Waals surface area contributed by atoms with Crippen molar-refractivity contribution < 1.29 is 8.42 Å². The molecule has 0 fully saturated rings. The first-order chi connectivity index (χ1) is 9.62. The molecule has 0 spiro atoms. The highest BCUT2D eigenvalue weighted by Crippen LogP contribution is 2.10. The van der Waals surface area contributed by atoms with Crippen molar-refractivity contribution in [3.63, 3.8) is 0 Å².